The minimum atomic E-state index is -0.669. The fourth-order valence-electron chi connectivity index (χ4n) is 5.09. The normalized spacial score (nSPS) is 11.5. The lowest BCUT2D eigenvalue weighted by atomic mass is 10.1. The summed E-state index contributed by atoms with van der Waals surface area (Å²) in [4.78, 5) is 21.1. The Labute approximate surface area is 235 Å². The van der Waals surface area contributed by atoms with E-state index in [4.69, 9.17) is 10.7 Å². The summed E-state index contributed by atoms with van der Waals surface area (Å²) in [7, 11) is 1.97. The number of imidazole rings is 1. The van der Waals surface area contributed by atoms with Crippen LogP contribution >= 0.6 is 0 Å². The highest BCUT2D eigenvalue weighted by Crippen LogP contribution is 2.27. The smallest absolute Gasteiger partial charge is 0.283 e. The Morgan fingerprint density at radius 1 is 0.854 bits per heavy atom. The molecule has 0 bridgehead atoms. The van der Waals surface area contributed by atoms with Gasteiger partial charge in [0.15, 0.2) is 0 Å². The predicted octanol–water partition coefficient (Wildman–Crippen LogP) is 5.49. The van der Waals surface area contributed by atoms with Gasteiger partial charge >= 0.3 is 0 Å². The molecule has 6 aromatic rings. The van der Waals surface area contributed by atoms with Crippen molar-refractivity contribution >= 4 is 11.5 Å². The van der Waals surface area contributed by atoms with E-state index in [0.717, 1.165) is 11.1 Å². The molecule has 2 N–H and O–H groups in total. The molecule has 0 radical (unpaired) electrons. The topological polar surface area (TPSA) is 73.5 Å². The van der Waals surface area contributed by atoms with Crippen molar-refractivity contribution in [2.75, 3.05) is 12.8 Å². The van der Waals surface area contributed by atoms with Crippen LogP contribution in [-0.4, -0.2) is 30.5 Å². The van der Waals surface area contributed by atoms with Crippen molar-refractivity contribution in [3.05, 3.63) is 142 Å². The largest absolute Gasteiger partial charge is 0.399 e. The molecule has 0 amide bonds. The molecule has 0 aliphatic rings. The molecule has 0 saturated carbocycles. The summed E-state index contributed by atoms with van der Waals surface area (Å²) >= 11 is 0. The van der Waals surface area contributed by atoms with E-state index in [2.05, 4.69) is 4.90 Å². The highest BCUT2D eigenvalue weighted by molar-refractivity contribution is 5.67. The van der Waals surface area contributed by atoms with Crippen LogP contribution in [0.15, 0.2) is 108 Å². The number of nitrogens with two attached hydrogens (primary N) is 1. The lowest BCUT2D eigenvalue weighted by Crippen LogP contribution is -2.27. The van der Waals surface area contributed by atoms with E-state index in [1.165, 1.54) is 18.2 Å². The van der Waals surface area contributed by atoms with E-state index in [-0.39, 0.29) is 23.4 Å². The molecular weight excluding hydrogens is 522 g/mol. The molecule has 0 aliphatic heterocycles. The first-order valence-corrected chi connectivity index (χ1v) is 13.2. The minimum Gasteiger partial charge on any atom is -0.399 e. The summed E-state index contributed by atoms with van der Waals surface area (Å²) in [5.41, 5.74) is 9.63. The second kappa shape index (κ2) is 10.9. The Morgan fingerprint density at radius 2 is 1.54 bits per heavy atom. The zero-order chi connectivity index (χ0) is 28.5. The Kier molecular flexibility index (Phi) is 6.94. The molecule has 41 heavy (non-hydrogen) atoms. The second-order valence-corrected chi connectivity index (χ2v) is 10.1. The maximum absolute atomic E-state index is 14.8. The van der Waals surface area contributed by atoms with Crippen molar-refractivity contribution in [3.63, 3.8) is 0 Å². The van der Waals surface area contributed by atoms with Gasteiger partial charge in [-0.1, -0.05) is 48.5 Å². The first-order chi connectivity index (χ1) is 19.9. The molecule has 3 heterocycles. The van der Waals surface area contributed by atoms with Crippen LogP contribution in [0.25, 0.3) is 22.7 Å². The van der Waals surface area contributed by atoms with E-state index >= 15 is 0 Å². The number of anilines is 1. The monoisotopic (exact) mass is 550 g/mol. The third-order valence-corrected chi connectivity index (χ3v) is 7.08. The van der Waals surface area contributed by atoms with E-state index in [1.807, 2.05) is 61.6 Å². The second-order valence-electron chi connectivity index (χ2n) is 10.1. The molecule has 0 unspecified atom stereocenters. The van der Waals surface area contributed by atoms with Gasteiger partial charge in [0.25, 0.3) is 5.56 Å². The minimum absolute atomic E-state index is 0.115. The van der Waals surface area contributed by atoms with Gasteiger partial charge in [-0.25, -0.2) is 18.2 Å². The van der Waals surface area contributed by atoms with Crippen LogP contribution in [0.3, 0.4) is 0 Å². The summed E-state index contributed by atoms with van der Waals surface area (Å²) in [5.74, 6) is -1.06. The van der Waals surface area contributed by atoms with Crippen LogP contribution in [-0.2, 0) is 19.6 Å². The van der Waals surface area contributed by atoms with Crippen molar-refractivity contribution < 1.29 is 8.78 Å². The summed E-state index contributed by atoms with van der Waals surface area (Å²) in [6.45, 7) is 0.864. The average Bonchev–Trinajstić information content (AvgIpc) is 3.62. The van der Waals surface area contributed by atoms with Gasteiger partial charge < -0.3 is 14.9 Å². The number of rotatable bonds is 8. The van der Waals surface area contributed by atoms with E-state index in [0.29, 0.717) is 35.9 Å². The Balaban J connectivity index is 1.59. The molecule has 0 atom stereocenters. The molecule has 206 valence electrons. The number of hydrogen-bond donors (Lipinski definition) is 1. The number of nitrogen functional groups attached to an aromatic ring is 1. The molecule has 3 aromatic heterocycles. The van der Waals surface area contributed by atoms with Gasteiger partial charge in [-0.2, -0.15) is 0 Å². The van der Waals surface area contributed by atoms with E-state index < -0.39 is 11.6 Å². The number of nitrogens with zero attached hydrogens (tertiary/aromatic N) is 5. The summed E-state index contributed by atoms with van der Waals surface area (Å²) < 4.78 is 34.5. The number of hydrogen-bond acceptors (Lipinski definition) is 4. The molecule has 3 aromatic carbocycles. The number of aromatic nitrogens is 4. The van der Waals surface area contributed by atoms with Gasteiger partial charge in [-0.15, -0.1) is 0 Å². The first kappa shape index (κ1) is 26.2. The van der Waals surface area contributed by atoms with E-state index in [9.17, 15) is 13.6 Å². The maximum atomic E-state index is 14.8. The van der Waals surface area contributed by atoms with Gasteiger partial charge in [0.1, 0.15) is 17.3 Å². The predicted molar refractivity (Wildman–Crippen MR) is 156 cm³/mol. The molecule has 9 heteroatoms. The summed E-state index contributed by atoms with van der Waals surface area (Å²) in [5, 5.41) is 0. The van der Waals surface area contributed by atoms with Crippen LogP contribution in [0.5, 0.6) is 0 Å². The Hall–Kier alpha value is -5.02. The van der Waals surface area contributed by atoms with Gasteiger partial charge in [0.2, 0.25) is 5.78 Å². The van der Waals surface area contributed by atoms with Gasteiger partial charge in [0.05, 0.1) is 17.9 Å². The van der Waals surface area contributed by atoms with E-state index in [1.54, 1.807) is 44.3 Å². The molecule has 0 saturated heterocycles. The quantitative estimate of drug-likeness (QED) is 0.254. The van der Waals surface area contributed by atoms with Crippen molar-refractivity contribution in [2.24, 2.45) is 0 Å². The highest BCUT2D eigenvalue weighted by atomic mass is 19.1. The molecule has 0 spiro atoms. The number of benzene rings is 3. The fraction of sp³-hybridized carbons (Fsp3) is 0.125. The summed E-state index contributed by atoms with van der Waals surface area (Å²) in [6, 6.07) is 24.7. The Bertz CT molecular complexity index is 1860. The van der Waals surface area contributed by atoms with Gasteiger partial charge in [-0.3, -0.25) is 9.69 Å². The van der Waals surface area contributed by atoms with Gasteiger partial charge in [-0.05, 0) is 49.0 Å². The van der Waals surface area contributed by atoms with Crippen LogP contribution in [0.4, 0.5) is 14.5 Å². The SMILES string of the molecule is CN(Cc1ccccc1)Cc1c(-c2ccc(N)cc2)nc2n(Cc3c(F)cccc3F)cc(-n3cccc3)c(=O)n12. The van der Waals surface area contributed by atoms with Crippen LogP contribution in [0.2, 0.25) is 0 Å². The molecule has 0 aliphatic carbocycles. The first-order valence-electron chi connectivity index (χ1n) is 13.2. The van der Waals surface area contributed by atoms with Crippen molar-refractivity contribution in [1.82, 2.24) is 23.4 Å². The highest BCUT2D eigenvalue weighted by Gasteiger charge is 2.23. The van der Waals surface area contributed by atoms with Crippen LogP contribution in [0.1, 0.15) is 16.8 Å². The lowest BCUT2D eigenvalue weighted by Gasteiger charge is -2.18. The lowest BCUT2D eigenvalue weighted by molar-refractivity contribution is 0.314. The van der Waals surface area contributed by atoms with Crippen molar-refractivity contribution in [3.8, 4) is 16.9 Å². The molecule has 6 rings (SSSR count). The standard InChI is InChI=1S/C32H28F2N6O/c1-37(18-22-8-3-2-4-9-22)20-28-30(23-12-14-24(35)15-13-23)36-32-39(19-25-26(33)10-7-11-27(25)34)21-29(31(41)40(28)32)38-16-5-6-17-38/h2-17,21H,18-20,35H2,1H3. The van der Waals surface area contributed by atoms with Crippen LogP contribution in [0, 0.1) is 11.6 Å². The Morgan fingerprint density at radius 3 is 2.22 bits per heavy atom. The third-order valence-electron chi connectivity index (χ3n) is 7.08. The fourth-order valence-corrected chi connectivity index (χ4v) is 5.09. The van der Waals surface area contributed by atoms with Crippen LogP contribution < -0.4 is 11.3 Å². The summed E-state index contributed by atoms with van der Waals surface area (Å²) in [6.07, 6.45) is 5.12. The molecular formula is C32H28F2N6O. The average molecular weight is 551 g/mol. The zero-order valence-corrected chi connectivity index (χ0v) is 22.4. The molecule has 0 fully saturated rings. The van der Waals surface area contributed by atoms with Gasteiger partial charge in [0, 0.05) is 48.5 Å². The number of halogens is 2. The zero-order valence-electron chi connectivity index (χ0n) is 22.4. The maximum Gasteiger partial charge on any atom is 0.283 e. The van der Waals surface area contributed by atoms with Crippen molar-refractivity contribution in [2.45, 2.75) is 19.6 Å². The third kappa shape index (κ3) is 5.15. The van der Waals surface area contributed by atoms with Crippen molar-refractivity contribution in [1.29, 1.82) is 0 Å². The molecule has 7 nitrogen and oxygen atoms in total. The number of fused-ring (bicyclic) bond motifs is 1.